The number of nitrogens with zero attached hydrogens (tertiary/aromatic N) is 7. The highest BCUT2D eigenvalue weighted by atomic mass is 16.6. The molecule has 0 unspecified atom stereocenters. The molecule has 6 rings (SSSR count). The van der Waals surface area contributed by atoms with E-state index >= 15 is 0 Å². The molecular weight excluding hydrogens is 470 g/mol. The summed E-state index contributed by atoms with van der Waals surface area (Å²) in [5.74, 6) is -0.374. The van der Waals surface area contributed by atoms with Crippen molar-refractivity contribution in [2.24, 2.45) is 5.10 Å². The van der Waals surface area contributed by atoms with Crippen LogP contribution in [-0.4, -0.2) is 55.4 Å². The van der Waals surface area contributed by atoms with Gasteiger partial charge in [-0.3, -0.25) is 9.69 Å². The molecule has 0 saturated carbocycles. The van der Waals surface area contributed by atoms with Gasteiger partial charge in [0, 0.05) is 12.1 Å². The van der Waals surface area contributed by atoms with E-state index in [1.54, 1.807) is 6.21 Å². The second kappa shape index (κ2) is 9.78. The molecule has 186 valence electrons. The molecule has 0 bridgehead atoms. The number of likely N-dealkylation sites (tertiary alicyclic amines) is 1. The SMILES string of the molecule is Nc1nonc1-n1nnc(CN2CCCCC2)c1C(=O)N/N=C\c1c2ccccc2cc2ccccc12. The van der Waals surface area contributed by atoms with Gasteiger partial charge in [-0.15, -0.1) is 5.10 Å². The number of nitrogens with two attached hydrogens (primary N) is 1. The van der Waals surface area contributed by atoms with Gasteiger partial charge >= 0.3 is 0 Å². The van der Waals surface area contributed by atoms with Gasteiger partial charge in [-0.05, 0) is 63.9 Å². The van der Waals surface area contributed by atoms with Crippen LogP contribution >= 0.6 is 0 Å². The lowest BCUT2D eigenvalue weighted by atomic mass is 9.97. The van der Waals surface area contributed by atoms with Crippen molar-refractivity contribution in [2.75, 3.05) is 18.8 Å². The van der Waals surface area contributed by atoms with Crippen LogP contribution in [0.4, 0.5) is 5.82 Å². The third kappa shape index (κ3) is 4.40. The van der Waals surface area contributed by atoms with E-state index in [0.29, 0.717) is 12.2 Å². The van der Waals surface area contributed by atoms with Crippen molar-refractivity contribution >= 4 is 39.5 Å². The number of aromatic nitrogens is 5. The minimum Gasteiger partial charge on any atom is -0.378 e. The Morgan fingerprint density at radius 3 is 2.41 bits per heavy atom. The standard InChI is InChI=1S/C26H25N9O2/c27-24-25(32-37-31-24)35-23(22(29-33-35)16-34-12-6-1-7-13-34)26(36)30-28-15-21-19-10-4-2-8-17(19)14-18-9-3-5-11-20(18)21/h2-5,8-11,14-15H,1,6-7,12-13,16H2,(H2,27,31)(H,30,36)/b28-15-. The van der Waals surface area contributed by atoms with Crippen LogP contribution in [0.3, 0.4) is 0 Å². The monoisotopic (exact) mass is 495 g/mol. The van der Waals surface area contributed by atoms with E-state index in [1.807, 2.05) is 36.4 Å². The fraction of sp³-hybridized carbons (Fsp3) is 0.231. The van der Waals surface area contributed by atoms with E-state index in [0.717, 1.165) is 53.0 Å². The van der Waals surface area contributed by atoms with E-state index < -0.39 is 5.91 Å². The summed E-state index contributed by atoms with van der Waals surface area (Å²) in [5.41, 5.74) is 10.2. The van der Waals surface area contributed by atoms with Crippen LogP contribution in [0.5, 0.6) is 0 Å². The third-order valence-electron chi connectivity index (χ3n) is 6.65. The first-order valence-corrected chi connectivity index (χ1v) is 12.2. The number of hydrogen-bond donors (Lipinski definition) is 2. The predicted molar refractivity (Wildman–Crippen MR) is 139 cm³/mol. The van der Waals surface area contributed by atoms with E-state index in [9.17, 15) is 4.79 Å². The molecule has 0 aliphatic carbocycles. The lowest BCUT2D eigenvalue weighted by molar-refractivity contribution is 0.0944. The van der Waals surface area contributed by atoms with Crippen molar-refractivity contribution in [1.82, 2.24) is 35.6 Å². The molecule has 37 heavy (non-hydrogen) atoms. The molecule has 1 aliphatic rings. The molecule has 1 amide bonds. The van der Waals surface area contributed by atoms with Crippen LogP contribution in [0.25, 0.3) is 27.4 Å². The lowest BCUT2D eigenvalue weighted by Crippen LogP contribution is -2.31. The van der Waals surface area contributed by atoms with Crippen molar-refractivity contribution in [1.29, 1.82) is 0 Å². The molecule has 1 fully saturated rings. The number of amides is 1. The number of carbonyl (C=O) groups is 1. The molecule has 1 aliphatic heterocycles. The van der Waals surface area contributed by atoms with Gasteiger partial charge in [-0.2, -0.15) is 9.78 Å². The maximum atomic E-state index is 13.4. The van der Waals surface area contributed by atoms with Crippen molar-refractivity contribution in [3.05, 3.63) is 71.5 Å². The molecule has 0 atom stereocenters. The molecule has 0 radical (unpaired) electrons. The third-order valence-corrected chi connectivity index (χ3v) is 6.65. The van der Waals surface area contributed by atoms with E-state index in [2.05, 4.69) is 54.3 Å². The Bertz CT molecular complexity index is 1560. The molecule has 11 heteroatoms. The summed E-state index contributed by atoms with van der Waals surface area (Å²) in [6, 6.07) is 18.3. The molecule has 3 N–H and O–H groups in total. The zero-order valence-electron chi connectivity index (χ0n) is 20.0. The van der Waals surface area contributed by atoms with Crippen LogP contribution < -0.4 is 11.2 Å². The van der Waals surface area contributed by atoms with Gasteiger partial charge in [-0.1, -0.05) is 60.2 Å². The van der Waals surface area contributed by atoms with Gasteiger partial charge in [0.25, 0.3) is 5.91 Å². The molecule has 0 spiro atoms. The fourth-order valence-corrected chi connectivity index (χ4v) is 4.86. The average Bonchev–Trinajstić information content (AvgIpc) is 3.54. The lowest BCUT2D eigenvalue weighted by Gasteiger charge is -2.25. The predicted octanol–water partition coefficient (Wildman–Crippen LogP) is 3.29. The summed E-state index contributed by atoms with van der Waals surface area (Å²) in [4.78, 5) is 15.7. The van der Waals surface area contributed by atoms with E-state index in [4.69, 9.17) is 10.4 Å². The first-order chi connectivity index (χ1) is 18.2. The highest BCUT2D eigenvalue weighted by Gasteiger charge is 2.26. The van der Waals surface area contributed by atoms with E-state index in [-0.39, 0.29) is 17.3 Å². The highest BCUT2D eigenvalue weighted by Crippen LogP contribution is 2.27. The van der Waals surface area contributed by atoms with Crippen molar-refractivity contribution in [2.45, 2.75) is 25.8 Å². The van der Waals surface area contributed by atoms with Gasteiger partial charge in [0.2, 0.25) is 11.6 Å². The Balaban J connectivity index is 1.34. The smallest absolute Gasteiger partial charge is 0.292 e. The number of nitrogens with one attached hydrogen (secondary N) is 1. The number of fused-ring (bicyclic) bond motifs is 2. The molecule has 3 heterocycles. The molecule has 1 saturated heterocycles. The summed E-state index contributed by atoms with van der Waals surface area (Å²) in [5, 5.41) is 24.4. The topological polar surface area (TPSA) is 140 Å². The van der Waals surface area contributed by atoms with Gasteiger partial charge in [0.1, 0.15) is 5.69 Å². The van der Waals surface area contributed by atoms with Crippen LogP contribution in [0, 0.1) is 0 Å². The summed E-state index contributed by atoms with van der Waals surface area (Å²) in [6.07, 6.45) is 5.10. The number of piperidine rings is 1. The number of hydrogen-bond acceptors (Lipinski definition) is 9. The van der Waals surface area contributed by atoms with Gasteiger partial charge in [0.15, 0.2) is 5.69 Å². The highest BCUT2D eigenvalue weighted by molar-refractivity contribution is 6.13. The number of hydrazone groups is 1. The summed E-state index contributed by atoms with van der Waals surface area (Å²) in [7, 11) is 0. The second-order valence-corrected chi connectivity index (χ2v) is 9.04. The maximum Gasteiger partial charge on any atom is 0.292 e. The maximum absolute atomic E-state index is 13.4. The van der Waals surface area contributed by atoms with Gasteiger partial charge in [-0.25, -0.2) is 10.1 Å². The fourth-order valence-electron chi connectivity index (χ4n) is 4.86. The Morgan fingerprint density at radius 1 is 1.03 bits per heavy atom. The number of benzene rings is 3. The Morgan fingerprint density at radius 2 is 1.73 bits per heavy atom. The van der Waals surface area contributed by atoms with Crippen LogP contribution in [0.15, 0.2) is 64.3 Å². The van der Waals surface area contributed by atoms with Crippen LogP contribution in [-0.2, 0) is 6.54 Å². The summed E-state index contributed by atoms with van der Waals surface area (Å²) >= 11 is 0. The first-order valence-electron chi connectivity index (χ1n) is 12.2. The molecule has 2 aromatic heterocycles. The normalized spacial score (nSPS) is 14.6. The summed E-state index contributed by atoms with van der Waals surface area (Å²) in [6.45, 7) is 2.35. The molecule has 3 aromatic carbocycles. The Labute approximate surface area is 211 Å². The minimum absolute atomic E-state index is 0.00852. The summed E-state index contributed by atoms with van der Waals surface area (Å²) < 4.78 is 5.98. The number of anilines is 1. The second-order valence-electron chi connectivity index (χ2n) is 9.04. The average molecular weight is 496 g/mol. The number of carbonyl (C=O) groups excluding carboxylic acids is 1. The van der Waals surface area contributed by atoms with Crippen molar-refractivity contribution in [3.63, 3.8) is 0 Å². The Kier molecular flexibility index (Phi) is 6.03. The zero-order chi connectivity index (χ0) is 25.2. The zero-order valence-corrected chi connectivity index (χ0v) is 20.0. The van der Waals surface area contributed by atoms with Crippen LogP contribution in [0.1, 0.15) is 41.0 Å². The van der Waals surface area contributed by atoms with Crippen molar-refractivity contribution < 1.29 is 9.42 Å². The largest absolute Gasteiger partial charge is 0.378 e. The van der Waals surface area contributed by atoms with E-state index in [1.165, 1.54) is 11.1 Å². The quantitative estimate of drug-likeness (QED) is 0.208. The number of nitrogen functional groups attached to an aromatic ring is 1. The van der Waals surface area contributed by atoms with Gasteiger partial charge < -0.3 is 5.73 Å². The number of rotatable bonds is 6. The first kappa shape index (κ1) is 22.8. The molecule has 11 nitrogen and oxygen atoms in total. The molecular formula is C26H25N9O2. The van der Waals surface area contributed by atoms with Crippen LogP contribution in [0.2, 0.25) is 0 Å². The van der Waals surface area contributed by atoms with Crippen molar-refractivity contribution in [3.8, 4) is 5.82 Å². The van der Waals surface area contributed by atoms with Gasteiger partial charge in [0.05, 0.1) is 6.21 Å². The molecule has 5 aromatic rings. The minimum atomic E-state index is -0.486. The Hall–Kier alpha value is -4.64.